The van der Waals surface area contributed by atoms with Gasteiger partial charge in [0.05, 0.1) is 17.4 Å². The van der Waals surface area contributed by atoms with Gasteiger partial charge in [-0.3, -0.25) is 4.79 Å². The highest BCUT2D eigenvalue weighted by atomic mass is 16.3. The van der Waals surface area contributed by atoms with Crippen LogP contribution in [0.15, 0.2) is 12.1 Å². The lowest BCUT2D eigenvalue weighted by molar-refractivity contribution is 0.0469. The number of carbonyl (C=O) groups is 1. The summed E-state index contributed by atoms with van der Waals surface area (Å²) in [4.78, 5) is 17.9. The second-order valence-corrected chi connectivity index (χ2v) is 4.49. The molecule has 0 aromatic carbocycles. The van der Waals surface area contributed by atoms with E-state index in [1.54, 1.807) is 24.0 Å². The Bertz CT molecular complexity index is 507. The number of hydrogen-bond donors (Lipinski definition) is 1. The lowest BCUT2D eigenvalue weighted by Gasteiger charge is -2.29. The van der Waals surface area contributed by atoms with Crippen LogP contribution in [0.1, 0.15) is 34.6 Å². The number of piperidine rings is 1. The molecular weight excluding hydrogens is 230 g/mol. The Morgan fingerprint density at radius 1 is 1.61 bits per heavy atom. The van der Waals surface area contributed by atoms with Gasteiger partial charge >= 0.3 is 0 Å². The van der Waals surface area contributed by atoms with Crippen LogP contribution in [0.3, 0.4) is 0 Å². The first-order chi connectivity index (χ1) is 8.61. The minimum atomic E-state index is -0.442. The highest BCUT2D eigenvalue weighted by molar-refractivity contribution is 5.92. The molecule has 1 unspecified atom stereocenters. The molecule has 1 aliphatic heterocycles. The van der Waals surface area contributed by atoms with Gasteiger partial charge < -0.3 is 10.0 Å². The van der Waals surface area contributed by atoms with Crippen LogP contribution in [-0.4, -0.2) is 40.1 Å². The van der Waals surface area contributed by atoms with Crippen molar-refractivity contribution in [2.45, 2.75) is 25.9 Å². The van der Waals surface area contributed by atoms with Crippen molar-refractivity contribution >= 4 is 5.91 Å². The van der Waals surface area contributed by atoms with Crippen LogP contribution in [0, 0.1) is 18.3 Å². The van der Waals surface area contributed by atoms with Gasteiger partial charge in [-0.25, -0.2) is 4.98 Å². The molecule has 1 saturated heterocycles. The fourth-order valence-electron chi connectivity index (χ4n) is 2.10. The van der Waals surface area contributed by atoms with Crippen molar-refractivity contribution in [3.63, 3.8) is 0 Å². The van der Waals surface area contributed by atoms with Crippen molar-refractivity contribution in [3.8, 4) is 6.07 Å². The van der Waals surface area contributed by atoms with E-state index in [4.69, 9.17) is 5.26 Å². The molecule has 0 spiro atoms. The predicted octanol–water partition coefficient (Wildman–Crippen LogP) is 0.859. The zero-order valence-electron chi connectivity index (χ0n) is 10.3. The molecule has 1 amide bonds. The number of likely N-dealkylation sites (tertiary alicyclic amines) is 1. The van der Waals surface area contributed by atoms with Gasteiger partial charge in [0.15, 0.2) is 0 Å². The Morgan fingerprint density at radius 2 is 2.39 bits per heavy atom. The number of hydrogen-bond acceptors (Lipinski definition) is 4. The minimum absolute atomic E-state index is 0.179. The maximum absolute atomic E-state index is 12.2. The van der Waals surface area contributed by atoms with E-state index in [0.717, 1.165) is 12.8 Å². The second kappa shape index (κ2) is 5.15. The van der Waals surface area contributed by atoms with Gasteiger partial charge in [-0.2, -0.15) is 5.26 Å². The average Bonchev–Trinajstić information content (AvgIpc) is 2.37. The first-order valence-electron chi connectivity index (χ1n) is 5.97. The van der Waals surface area contributed by atoms with E-state index in [1.165, 1.54) is 0 Å². The highest BCUT2D eigenvalue weighted by Crippen LogP contribution is 2.14. The third kappa shape index (κ3) is 2.49. The number of β-amino-alcohol motifs (C(OH)–C–C–N with tert-alkyl or cyclic N) is 1. The molecule has 5 heteroatoms. The van der Waals surface area contributed by atoms with E-state index in [1.807, 2.05) is 6.07 Å². The van der Waals surface area contributed by atoms with Crippen LogP contribution in [0.4, 0.5) is 0 Å². The molecule has 2 rings (SSSR count). The Hall–Kier alpha value is -1.93. The van der Waals surface area contributed by atoms with Gasteiger partial charge in [0.1, 0.15) is 11.8 Å². The van der Waals surface area contributed by atoms with Crippen LogP contribution < -0.4 is 0 Å². The van der Waals surface area contributed by atoms with Gasteiger partial charge in [0, 0.05) is 13.1 Å². The minimum Gasteiger partial charge on any atom is -0.391 e. The van der Waals surface area contributed by atoms with Crippen LogP contribution in [-0.2, 0) is 0 Å². The number of aliphatic hydroxyl groups is 1. The third-order valence-corrected chi connectivity index (χ3v) is 3.11. The topological polar surface area (TPSA) is 77.2 Å². The monoisotopic (exact) mass is 245 g/mol. The summed E-state index contributed by atoms with van der Waals surface area (Å²) in [7, 11) is 0. The van der Waals surface area contributed by atoms with Gasteiger partial charge in [-0.15, -0.1) is 0 Å². The smallest absolute Gasteiger partial charge is 0.272 e. The van der Waals surface area contributed by atoms with Crippen LogP contribution in [0.5, 0.6) is 0 Å². The molecular formula is C13H15N3O2. The number of nitriles is 1. The summed E-state index contributed by atoms with van der Waals surface area (Å²) in [6.07, 6.45) is 1.10. The molecule has 1 aliphatic rings. The molecule has 94 valence electrons. The summed E-state index contributed by atoms with van der Waals surface area (Å²) in [5, 5.41) is 18.4. The quantitative estimate of drug-likeness (QED) is 0.796. The van der Waals surface area contributed by atoms with Crippen molar-refractivity contribution in [1.82, 2.24) is 9.88 Å². The van der Waals surface area contributed by atoms with E-state index < -0.39 is 6.10 Å². The van der Waals surface area contributed by atoms with Crippen LogP contribution in [0.2, 0.25) is 0 Å². The first-order valence-corrected chi connectivity index (χ1v) is 5.97. The zero-order chi connectivity index (χ0) is 13.1. The van der Waals surface area contributed by atoms with Gasteiger partial charge in [-0.1, -0.05) is 0 Å². The molecule has 1 fully saturated rings. The van der Waals surface area contributed by atoms with Gasteiger partial charge in [0.25, 0.3) is 5.91 Å². The van der Waals surface area contributed by atoms with Crippen molar-refractivity contribution in [1.29, 1.82) is 5.26 Å². The molecule has 5 nitrogen and oxygen atoms in total. The average molecular weight is 245 g/mol. The number of amides is 1. The standard InChI is InChI=1S/C13H15N3O2/c1-9-10(7-14)4-5-12(15-9)13(18)16-6-2-3-11(17)8-16/h4-5,11,17H,2-3,6,8H2,1H3. The molecule has 1 N–H and O–H groups in total. The highest BCUT2D eigenvalue weighted by Gasteiger charge is 2.24. The predicted molar refractivity (Wildman–Crippen MR) is 64.8 cm³/mol. The van der Waals surface area contributed by atoms with Crippen LogP contribution >= 0.6 is 0 Å². The molecule has 1 aromatic rings. The van der Waals surface area contributed by atoms with Gasteiger partial charge in [-0.05, 0) is 31.9 Å². The van der Waals surface area contributed by atoms with Gasteiger partial charge in [0.2, 0.25) is 0 Å². The summed E-state index contributed by atoms with van der Waals surface area (Å²) in [6, 6.07) is 5.19. The molecule has 2 heterocycles. The third-order valence-electron chi connectivity index (χ3n) is 3.11. The zero-order valence-corrected chi connectivity index (χ0v) is 10.3. The number of nitrogens with zero attached hydrogens (tertiary/aromatic N) is 3. The maximum atomic E-state index is 12.2. The number of pyridine rings is 1. The Morgan fingerprint density at radius 3 is 3.00 bits per heavy atom. The SMILES string of the molecule is Cc1nc(C(=O)N2CCCC(O)C2)ccc1C#N. The van der Waals surface area contributed by atoms with E-state index in [0.29, 0.717) is 30.0 Å². The summed E-state index contributed by atoms with van der Waals surface area (Å²) < 4.78 is 0. The van der Waals surface area contributed by atoms with Crippen molar-refractivity contribution in [2.24, 2.45) is 0 Å². The molecule has 0 aliphatic carbocycles. The molecule has 1 atom stereocenters. The number of aromatic nitrogens is 1. The summed E-state index contributed by atoms with van der Waals surface area (Å²) in [5.41, 5.74) is 1.37. The molecule has 18 heavy (non-hydrogen) atoms. The lowest BCUT2D eigenvalue weighted by atomic mass is 10.1. The number of carbonyl (C=O) groups excluding carboxylic acids is 1. The molecule has 0 bridgehead atoms. The first kappa shape index (κ1) is 12.5. The number of rotatable bonds is 1. The Kier molecular flexibility index (Phi) is 3.58. The summed E-state index contributed by atoms with van der Waals surface area (Å²) in [6.45, 7) is 2.72. The number of aryl methyl sites for hydroxylation is 1. The largest absolute Gasteiger partial charge is 0.391 e. The fraction of sp³-hybridized carbons (Fsp3) is 0.462. The van der Waals surface area contributed by atoms with Crippen molar-refractivity contribution in [3.05, 3.63) is 29.1 Å². The van der Waals surface area contributed by atoms with Crippen LogP contribution in [0.25, 0.3) is 0 Å². The van der Waals surface area contributed by atoms with E-state index in [-0.39, 0.29) is 5.91 Å². The second-order valence-electron chi connectivity index (χ2n) is 4.49. The molecule has 0 radical (unpaired) electrons. The summed E-state index contributed by atoms with van der Waals surface area (Å²) in [5.74, 6) is -0.179. The summed E-state index contributed by atoms with van der Waals surface area (Å²) >= 11 is 0. The Labute approximate surface area is 106 Å². The molecule has 0 saturated carbocycles. The van der Waals surface area contributed by atoms with Crippen molar-refractivity contribution < 1.29 is 9.90 Å². The molecule has 1 aromatic heterocycles. The normalized spacial score (nSPS) is 19.4. The Balaban J connectivity index is 2.18. The van der Waals surface area contributed by atoms with E-state index in [2.05, 4.69) is 4.98 Å². The van der Waals surface area contributed by atoms with Crippen molar-refractivity contribution in [2.75, 3.05) is 13.1 Å². The maximum Gasteiger partial charge on any atom is 0.272 e. The van der Waals surface area contributed by atoms with E-state index in [9.17, 15) is 9.90 Å². The lowest BCUT2D eigenvalue weighted by Crippen LogP contribution is -2.42. The number of aliphatic hydroxyl groups excluding tert-OH is 1. The fourth-order valence-corrected chi connectivity index (χ4v) is 2.10. The van der Waals surface area contributed by atoms with E-state index >= 15 is 0 Å².